The van der Waals surface area contributed by atoms with Gasteiger partial charge in [0, 0.05) is 5.30 Å². The van der Waals surface area contributed by atoms with Crippen LogP contribution in [-0.2, 0) is 0 Å². The minimum absolute atomic E-state index is 0.339. The van der Waals surface area contributed by atoms with Gasteiger partial charge in [-0.25, -0.2) is 0 Å². The maximum atomic E-state index is 14.1. The summed E-state index contributed by atoms with van der Waals surface area (Å²) in [6.45, 7) is 0. The highest BCUT2D eigenvalue weighted by Crippen LogP contribution is 2.81. The fourth-order valence-electron chi connectivity index (χ4n) is 1.19. The monoisotopic (exact) mass is 307 g/mol. The number of benzene rings is 1. The third kappa shape index (κ3) is 2.87. The predicted octanol–water partition coefficient (Wildman–Crippen LogP) is 6.10. The Kier molecular flexibility index (Phi) is 3.09. The summed E-state index contributed by atoms with van der Waals surface area (Å²) in [5.74, 6) is 0. The van der Waals surface area contributed by atoms with Gasteiger partial charge in [-0.2, -0.15) is 13.2 Å². The fourth-order valence-corrected chi connectivity index (χ4v) is 7.28. The van der Waals surface area contributed by atoms with Crippen LogP contribution in [0.15, 0.2) is 43.9 Å². The zero-order chi connectivity index (χ0) is 12.7. The molecule has 0 aromatic heterocycles. The largest absolute Gasteiger partial charge is 0.423 e. The average Bonchev–Trinajstić information content (AvgIpc) is 2.13. The Labute approximate surface area is 94.0 Å². The van der Waals surface area contributed by atoms with Crippen molar-refractivity contribution >= 4 is 28.5 Å². The van der Waals surface area contributed by atoms with Crippen LogP contribution in [0.25, 0.3) is 0 Å². The highest BCUT2D eigenvalue weighted by Gasteiger charge is 2.39. The first-order valence-corrected chi connectivity index (χ1v) is 8.72. The summed E-state index contributed by atoms with van der Waals surface area (Å²) < 4.78 is 72.9. The summed E-state index contributed by atoms with van der Waals surface area (Å²) in [4.78, 5) is 0. The van der Waals surface area contributed by atoms with E-state index in [0.717, 1.165) is 12.1 Å². The van der Waals surface area contributed by atoms with E-state index >= 15 is 0 Å². The van der Waals surface area contributed by atoms with Gasteiger partial charge in [0.15, 0.2) is 0 Å². The Morgan fingerprint density at radius 3 is 1.76 bits per heavy atom. The van der Waals surface area contributed by atoms with Crippen LogP contribution in [0.2, 0.25) is 0 Å². The number of halogens is 5. The van der Waals surface area contributed by atoms with E-state index in [1.807, 2.05) is 4.52 Å². The molecular weight excluding hydrogens is 302 g/mol. The molecule has 0 aliphatic carbocycles. The van der Waals surface area contributed by atoms with Gasteiger partial charge in [-0.1, -0.05) is 18.2 Å². The normalized spacial score (nSPS) is 29.7. The van der Waals surface area contributed by atoms with E-state index in [0.29, 0.717) is 0 Å². The maximum absolute atomic E-state index is 14.1. The molecule has 0 saturated carbocycles. The van der Waals surface area contributed by atoms with Crippen molar-refractivity contribution in [3.05, 3.63) is 30.3 Å². The lowest BCUT2D eigenvalue weighted by Gasteiger charge is -2.16. The average molecular weight is 307 g/mol. The SMILES string of the molecule is FP1(F)=NP(F)(F)=NP(F)(c2ccccc2)=N1. The van der Waals surface area contributed by atoms with E-state index in [2.05, 4.69) is 9.03 Å². The number of rotatable bonds is 1. The van der Waals surface area contributed by atoms with Gasteiger partial charge in [0.1, 0.15) is 0 Å². The van der Waals surface area contributed by atoms with E-state index in [1.54, 1.807) is 0 Å². The predicted molar refractivity (Wildman–Crippen MR) is 59.7 cm³/mol. The van der Waals surface area contributed by atoms with Crippen molar-refractivity contribution in [2.75, 3.05) is 0 Å². The Bertz CT molecular complexity index is 593. The molecule has 1 heterocycles. The first-order valence-electron chi connectivity index (χ1n) is 4.18. The van der Waals surface area contributed by atoms with Crippen molar-refractivity contribution in [2.45, 2.75) is 0 Å². The van der Waals surface area contributed by atoms with Crippen LogP contribution < -0.4 is 5.30 Å². The first kappa shape index (κ1) is 13.0. The minimum atomic E-state index is -5.62. The highest BCUT2D eigenvalue weighted by molar-refractivity contribution is 7.82. The zero-order valence-corrected chi connectivity index (χ0v) is 10.6. The molecule has 0 fully saturated rings. The molecule has 1 aromatic rings. The van der Waals surface area contributed by atoms with E-state index < -0.39 is 23.2 Å². The third-order valence-corrected chi connectivity index (χ3v) is 8.05. The van der Waals surface area contributed by atoms with Crippen LogP contribution in [-0.4, -0.2) is 0 Å². The lowest BCUT2D eigenvalue weighted by atomic mass is 10.4. The van der Waals surface area contributed by atoms with Crippen molar-refractivity contribution in [1.29, 1.82) is 0 Å². The summed E-state index contributed by atoms with van der Waals surface area (Å²) >= 11 is 0. The first-order chi connectivity index (χ1) is 7.73. The molecule has 2 rings (SSSR count). The van der Waals surface area contributed by atoms with Gasteiger partial charge in [-0.15, -0.1) is 21.3 Å². The Hall–Kier alpha value is -0.440. The Morgan fingerprint density at radius 2 is 1.24 bits per heavy atom. The molecule has 1 aromatic carbocycles. The van der Waals surface area contributed by atoms with Gasteiger partial charge < -0.3 is 0 Å². The maximum Gasteiger partial charge on any atom is 0.423 e. The van der Waals surface area contributed by atoms with Crippen LogP contribution in [0.5, 0.6) is 0 Å². The molecule has 0 saturated heterocycles. The quantitative estimate of drug-likeness (QED) is 0.444. The molecule has 1 unspecified atom stereocenters. The van der Waals surface area contributed by atoms with Gasteiger partial charge in [0.05, 0.1) is 0 Å². The number of nitrogens with zero attached hydrogens (tertiary/aromatic N) is 3. The minimum Gasteiger partial charge on any atom is -0.178 e. The van der Waals surface area contributed by atoms with Crippen LogP contribution in [0.3, 0.4) is 0 Å². The summed E-state index contributed by atoms with van der Waals surface area (Å²) in [6, 6.07) is 6.43. The van der Waals surface area contributed by atoms with Crippen molar-refractivity contribution in [2.24, 2.45) is 13.5 Å². The topological polar surface area (TPSA) is 37.1 Å². The number of hydrogen-bond donors (Lipinski definition) is 0. The van der Waals surface area contributed by atoms with Crippen LogP contribution >= 0.6 is 23.2 Å². The van der Waals surface area contributed by atoms with E-state index in [1.165, 1.54) is 18.2 Å². The number of hydrogen-bond acceptors (Lipinski definition) is 3. The summed E-state index contributed by atoms with van der Waals surface area (Å²) in [5, 5.41) is -0.339. The summed E-state index contributed by atoms with van der Waals surface area (Å²) in [6.07, 6.45) is 0. The van der Waals surface area contributed by atoms with Gasteiger partial charge in [0.2, 0.25) is 0 Å². The molecule has 3 nitrogen and oxygen atoms in total. The standard InChI is InChI=1S/C6H5F5N3P3/c7-15(6-4-2-1-3-5-6)12-16(8,9)14-17(10,11)13-15/h1-5H. The summed E-state index contributed by atoms with van der Waals surface area (Å²) in [5.41, 5.74) is 0. The van der Waals surface area contributed by atoms with Crippen molar-refractivity contribution in [3.63, 3.8) is 0 Å². The Balaban J connectivity index is 2.73. The second kappa shape index (κ2) is 4.04. The lowest BCUT2D eigenvalue weighted by Crippen LogP contribution is -1.98. The van der Waals surface area contributed by atoms with Gasteiger partial charge in [-0.05, 0) is 12.1 Å². The van der Waals surface area contributed by atoms with Crippen LogP contribution in [0.4, 0.5) is 21.0 Å². The molecule has 1 atom stereocenters. The summed E-state index contributed by atoms with van der Waals surface area (Å²) in [7, 11) is -15.9. The Morgan fingerprint density at radius 1 is 0.706 bits per heavy atom. The van der Waals surface area contributed by atoms with E-state index in [4.69, 9.17) is 0 Å². The molecule has 1 aliphatic rings. The van der Waals surface area contributed by atoms with Crippen molar-refractivity contribution in [3.8, 4) is 0 Å². The highest BCUT2D eigenvalue weighted by atomic mass is 31.3. The lowest BCUT2D eigenvalue weighted by molar-refractivity contribution is 0.697. The molecule has 0 N–H and O–H groups in total. The molecule has 17 heavy (non-hydrogen) atoms. The molecule has 0 bridgehead atoms. The molecule has 0 spiro atoms. The van der Waals surface area contributed by atoms with Crippen LogP contribution in [0, 0.1) is 0 Å². The molecular formula is C6H5F5N3P3. The van der Waals surface area contributed by atoms with Crippen LogP contribution in [0.1, 0.15) is 0 Å². The molecule has 94 valence electrons. The molecule has 11 heteroatoms. The van der Waals surface area contributed by atoms with Gasteiger partial charge >= 0.3 is 15.7 Å². The van der Waals surface area contributed by atoms with Crippen molar-refractivity contribution < 1.29 is 21.0 Å². The fraction of sp³-hybridized carbons (Fsp3) is 0. The molecule has 0 amide bonds. The van der Waals surface area contributed by atoms with E-state index in [-0.39, 0.29) is 5.30 Å². The molecule has 1 aliphatic heterocycles. The van der Waals surface area contributed by atoms with Crippen molar-refractivity contribution in [1.82, 2.24) is 0 Å². The third-order valence-electron chi connectivity index (χ3n) is 1.75. The zero-order valence-electron chi connectivity index (χ0n) is 7.96. The molecule has 0 radical (unpaired) electrons. The smallest absolute Gasteiger partial charge is 0.178 e. The van der Waals surface area contributed by atoms with E-state index in [9.17, 15) is 21.0 Å². The van der Waals surface area contributed by atoms with Gasteiger partial charge in [0.25, 0.3) is 7.52 Å². The second-order valence-electron chi connectivity index (χ2n) is 3.04. The second-order valence-corrected chi connectivity index (χ2v) is 8.58. The van der Waals surface area contributed by atoms with Gasteiger partial charge in [-0.3, -0.25) is 0 Å².